The zero-order valence-electron chi connectivity index (χ0n) is 22.3. The summed E-state index contributed by atoms with van der Waals surface area (Å²) in [6, 6.07) is 17.6. The van der Waals surface area contributed by atoms with Gasteiger partial charge in [0, 0.05) is 27.2 Å². The molecule has 4 rings (SSSR count). The fraction of sp³-hybridized carbons (Fsp3) is 0.276. The Bertz CT molecular complexity index is 1530. The van der Waals surface area contributed by atoms with Crippen LogP contribution in [0.1, 0.15) is 44.2 Å². The number of halogens is 2. The molecular weight excluding hydrogens is 637 g/mol. The van der Waals surface area contributed by atoms with Crippen molar-refractivity contribution >= 4 is 75.5 Å². The first-order valence-electron chi connectivity index (χ1n) is 12.9. The number of carboxylic acid groups (broad SMARTS) is 1. The van der Waals surface area contributed by atoms with Gasteiger partial charge < -0.3 is 15.2 Å². The molecule has 42 heavy (non-hydrogen) atoms. The number of para-hydroxylation sites is 1. The summed E-state index contributed by atoms with van der Waals surface area (Å²) in [4.78, 5) is 38.6. The van der Waals surface area contributed by atoms with E-state index in [1.165, 1.54) is 23.1 Å². The number of Topliss-reactive ketones (excluding diaryl/α,β-unsaturated/α-hetero) is 1. The minimum absolute atomic E-state index is 0.0536. The lowest BCUT2D eigenvalue weighted by Gasteiger charge is -2.15. The third kappa shape index (κ3) is 9.53. The van der Waals surface area contributed by atoms with Gasteiger partial charge in [0.15, 0.2) is 5.78 Å². The molecule has 0 radical (unpaired) electrons. The number of thiophene rings is 1. The zero-order valence-corrected chi connectivity index (χ0v) is 26.2. The molecule has 4 aromatic rings. The van der Waals surface area contributed by atoms with Crippen LogP contribution < -0.4 is 10.1 Å². The smallest absolute Gasteiger partial charge is 0.305 e. The number of ketones is 1. The second-order valence-electron chi connectivity index (χ2n) is 9.18. The number of hydrogen-bond donors (Lipinski definition) is 2. The van der Waals surface area contributed by atoms with Gasteiger partial charge in [-0.05, 0) is 54.7 Å². The molecule has 0 aliphatic heterocycles. The Hall–Kier alpha value is -2.96. The maximum Gasteiger partial charge on any atom is 0.305 e. The van der Waals surface area contributed by atoms with Crippen LogP contribution in [0.25, 0.3) is 0 Å². The zero-order chi connectivity index (χ0) is 29.9. The average Bonchev–Trinajstić information content (AvgIpc) is 3.61. The summed E-state index contributed by atoms with van der Waals surface area (Å²) in [6.07, 6.45) is 1.84. The summed E-state index contributed by atoms with van der Waals surface area (Å²) in [5.41, 5.74) is 2.54. The number of benzene rings is 2. The van der Waals surface area contributed by atoms with E-state index in [1.54, 1.807) is 12.1 Å². The van der Waals surface area contributed by atoms with E-state index < -0.39 is 24.3 Å². The first-order chi connectivity index (χ1) is 20.3. The standard InChI is InChI=1S/C29H27Cl2N3O5S3/c30-21-10-3-1-7-19(21)16-40-17-24(35)22(14-27(36)37)32-29(38)26-13-12-20(41-26)9-5-8-18-6-2-4-11-25(18)39-15-23-28(31)42-34-33-23/h1-4,6-7,10-13,22H,5,8-9,14-17H2,(H,32,38)(H,36,37)/t22-/m0/s1. The molecule has 0 aliphatic carbocycles. The van der Waals surface area contributed by atoms with Crippen LogP contribution in [0.3, 0.4) is 0 Å². The van der Waals surface area contributed by atoms with E-state index in [0.29, 0.717) is 25.7 Å². The minimum atomic E-state index is -1.16. The summed E-state index contributed by atoms with van der Waals surface area (Å²) >= 11 is 16.0. The Labute approximate surface area is 265 Å². The molecule has 0 bridgehead atoms. The van der Waals surface area contributed by atoms with Crippen molar-refractivity contribution in [1.29, 1.82) is 0 Å². The number of carboxylic acids is 1. The Kier molecular flexibility index (Phi) is 12.2. The Morgan fingerprint density at radius 1 is 1.00 bits per heavy atom. The molecule has 0 aliphatic rings. The number of aryl methyl sites for hydroxylation is 2. The van der Waals surface area contributed by atoms with Gasteiger partial charge in [0.25, 0.3) is 5.91 Å². The maximum atomic E-state index is 12.9. The number of rotatable bonds is 16. The van der Waals surface area contributed by atoms with Crippen molar-refractivity contribution in [3.63, 3.8) is 0 Å². The number of nitrogens with zero attached hydrogens (tertiary/aromatic N) is 2. The molecule has 0 fully saturated rings. The van der Waals surface area contributed by atoms with E-state index in [9.17, 15) is 19.5 Å². The highest BCUT2D eigenvalue weighted by Gasteiger charge is 2.25. The SMILES string of the molecule is O=C(O)C[C@H](NC(=O)c1ccc(CCCc2ccccc2OCc2nnsc2Cl)s1)C(=O)CSCc1ccccc1Cl. The van der Waals surface area contributed by atoms with Crippen LogP contribution in [0.4, 0.5) is 0 Å². The van der Waals surface area contributed by atoms with Crippen LogP contribution in [0.15, 0.2) is 60.7 Å². The highest BCUT2D eigenvalue weighted by molar-refractivity contribution is 7.99. The molecule has 0 saturated heterocycles. The van der Waals surface area contributed by atoms with Gasteiger partial charge in [-0.3, -0.25) is 14.4 Å². The number of hydrogen-bond acceptors (Lipinski definition) is 9. The molecule has 13 heteroatoms. The van der Waals surface area contributed by atoms with Crippen molar-refractivity contribution in [2.75, 3.05) is 5.75 Å². The van der Waals surface area contributed by atoms with E-state index in [2.05, 4.69) is 14.9 Å². The average molecular weight is 665 g/mol. The number of carbonyl (C=O) groups is 3. The third-order valence-corrected chi connectivity index (χ3v) is 9.63. The molecule has 1 amide bonds. The van der Waals surface area contributed by atoms with Gasteiger partial charge in [0.05, 0.1) is 23.1 Å². The first-order valence-corrected chi connectivity index (χ1v) is 16.4. The summed E-state index contributed by atoms with van der Waals surface area (Å²) < 4.78 is 10.3. The lowest BCUT2D eigenvalue weighted by atomic mass is 10.1. The molecule has 2 aromatic heterocycles. The van der Waals surface area contributed by atoms with E-state index in [0.717, 1.165) is 52.5 Å². The lowest BCUT2D eigenvalue weighted by Crippen LogP contribution is -2.43. The van der Waals surface area contributed by atoms with Crippen molar-refractivity contribution in [2.24, 2.45) is 0 Å². The van der Waals surface area contributed by atoms with Crippen molar-refractivity contribution in [1.82, 2.24) is 14.9 Å². The highest BCUT2D eigenvalue weighted by Crippen LogP contribution is 2.26. The van der Waals surface area contributed by atoms with Gasteiger partial charge >= 0.3 is 5.97 Å². The second-order valence-corrected chi connectivity index (χ2v) is 13.1. The lowest BCUT2D eigenvalue weighted by molar-refractivity contribution is -0.139. The second kappa shape index (κ2) is 16.0. The molecule has 2 N–H and O–H groups in total. The number of carbonyl (C=O) groups excluding carboxylic acids is 2. The number of aromatic nitrogens is 2. The van der Waals surface area contributed by atoms with Crippen LogP contribution >= 0.6 is 57.8 Å². The topological polar surface area (TPSA) is 118 Å². The van der Waals surface area contributed by atoms with Crippen molar-refractivity contribution in [2.45, 2.75) is 44.1 Å². The highest BCUT2D eigenvalue weighted by atomic mass is 35.5. The summed E-state index contributed by atoms with van der Waals surface area (Å²) in [5, 5.41) is 16.5. The van der Waals surface area contributed by atoms with E-state index in [4.69, 9.17) is 27.9 Å². The van der Waals surface area contributed by atoms with E-state index >= 15 is 0 Å². The normalized spacial score (nSPS) is 11.7. The number of ether oxygens (including phenoxy) is 1. The molecule has 0 unspecified atom stereocenters. The Balaban J connectivity index is 1.27. The number of amides is 1. The van der Waals surface area contributed by atoms with Gasteiger partial charge in [-0.25, -0.2) is 0 Å². The molecule has 0 spiro atoms. The summed E-state index contributed by atoms with van der Waals surface area (Å²) in [6.45, 7) is 0.237. The predicted octanol–water partition coefficient (Wildman–Crippen LogP) is 6.74. The molecule has 2 heterocycles. The molecular formula is C29H27Cl2N3O5S3. The van der Waals surface area contributed by atoms with Crippen molar-refractivity contribution in [3.05, 3.63) is 96.6 Å². The number of aliphatic carboxylic acids is 1. The van der Waals surface area contributed by atoms with Gasteiger partial charge in [-0.1, -0.05) is 64.1 Å². The van der Waals surface area contributed by atoms with Crippen LogP contribution in [0.2, 0.25) is 9.36 Å². The van der Waals surface area contributed by atoms with Crippen molar-refractivity contribution in [3.8, 4) is 5.75 Å². The number of thioether (sulfide) groups is 1. The van der Waals surface area contributed by atoms with Gasteiger partial charge in [0.1, 0.15) is 22.4 Å². The van der Waals surface area contributed by atoms with Crippen LogP contribution in [0.5, 0.6) is 5.75 Å². The molecule has 8 nitrogen and oxygen atoms in total. The monoisotopic (exact) mass is 663 g/mol. The first kappa shape index (κ1) is 32.0. The molecule has 220 valence electrons. The van der Waals surface area contributed by atoms with Gasteiger partial charge in [-0.2, -0.15) is 0 Å². The largest absolute Gasteiger partial charge is 0.487 e. The summed E-state index contributed by atoms with van der Waals surface area (Å²) in [7, 11) is 0. The molecule has 1 atom stereocenters. The minimum Gasteiger partial charge on any atom is -0.487 e. The van der Waals surface area contributed by atoms with Crippen LogP contribution in [-0.2, 0) is 34.8 Å². The molecule has 0 saturated carbocycles. The van der Waals surface area contributed by atoms with E-state index in [1.807, 2.05) is 48.5 Å². The fourth-order valence-corrected chi connectivity index (χ4v) is 6.81. The fourth-order valence-electron chi connectivity index (χ4n) is 3.99. The summed E-state index contributed by atoms with van der Waals surface area (Å²) in [5.74, 6) is -0.663. The van der Waals surface area contributed by atoms with Gasteiger partial charge in [-0.15, -0.1) is 28.2 Å². The Morgan fingerprint density at radius 2 is 1.76 bits per heavy atom. The third-order valence-electron chi connectivity index (χ3n) is 6.13. The quantitative estimate of drug-likeness (QED) is 0.135. The maximum absolute atomic E-state index is 12.9. The van der Waals surface area contributed by atoms with E-state index in [-0.39, 0.29) is 18.1 Å². The molecule has 2 aromatic carbocycles. The Morgan fingerprint density at radius 3 is 2.50 bits per heavy atom. The van der Waals surface area contributed by atoms with Crippen LogP contribution in [0, 0.1) is 0 Å². The van der Waals surface area contributed by atoms with Crippen LogP contribution in [-0.4, -0.2) is 44.1 Å². The number of nitrogens with one attached hydrogen (secondary N) is 1. The predicted molar refractivity (Wildman–Crippen MR) is 168 cm³/mol. The van der Waals surface area contributed by atoms with Crippen molar-refractivity contribution < 1.29 is 24.2 Å². The van der Waals surface area contributed by atoms with Gasteiger partial charge in [0.2, 0.25) is 0 Å².